The van der Waals surface area contributed by atoms with Crippen molar-refractivity contribution in [2.45, 2.75) is 13.8 Å². The average molecular weight is 460 g/mol. The maximum Gasteiger partial charge on any atom is 0.348 e. The van der Waals surface area contributed by atoms with Gasteiger partial charge in [-0.3, -0.25) is 0 Å². The van der Waals surface area contributed by atoms with E-state index in [0.29, 0.717) is 26.0 Å². The predicted octanol–water partition coefficient (Wildman–Crippen LogP) is 5.18. The standard InChI is InChI=1S/C20H17N3O4S3/c1-4-27-19(24)15-11(2)16(20(25)26-3)30-18(15)22-9-12(8-21)17-23-13(10-29-17)14-6-5-7-28-14/h5-7,9-10,22H,4H2,1-3H3/b12-9-. The van der Waals surface area contributed by atoms with E-state index in [1.807, 2.05) is 22.9 Å². The first-order valence-electron chi connectivity index (χ1n) is 8.75. The molecule has 0 aliphatic rings. The van der Waals surface area contributed by atoms with Crippen LogP contribution in [0.2, 0.25) is 0 Å². The Bertz CT molecular complexity index is 1140. The minimum atomic E-state index is -0.551. The first-order chi connectivity index (χ1) is 14.5. The molecule has 7 nitrogen and oxygen atoms in total. The molecule has 0 spiro atoms. The summed E-state index contributed by atoms with van der Waals surface area (Å²) in [5.74, 6) is -1.09. The summed E-state index contributed by atoms with van der Waals surface area (Å²) < 4.78 is 9.92. The van der Waals surface area contributed by atoms with Gasteiger partial charge < -0.3 is 14.8 Å². The van der Waals surface area contributed by atoms with Gasteiger partial charge in [-0.05, 0) is 30.9 Å². The van der Waals surface area contributed by atoms with Gasteiger partial charge in [0.1, 0.15) is 26.5 Å². The number of nitriles is 1. The van der Waals surface area contributed by atoms with E-state index < -0.39 is 11.9 Å². The lowest BCUT2D eigenvalue weighted by Gasteiger charge is -2.05. The molecule has 0 aromatic carbocycles. The molecule has 0 aliphatic heterocycles. The average Bonchev–Trinajstić information content (AvgIpc) is 3.48. The van der Waals surface area contributed by atoms with E-state index in [1.54, 1.807) is 25.2 Å². The number of carbonyl (C=O) groups excluding carboxylic acids is 2. The number of anilines is 1. The number of rotatable bonds is 7. The number of nitrogens with zero attached hydrogens (tertiary/aromatic N) is 2. The summed E-state index contributed by atoms with van der Waals surface area (Å²) in [4.78, 5) is 30.3. The molecule has 3 heterocycles. The Hall–Kier alpha value is -3.00. The molecule has 3 rings (SSSR count). The molecular weight excluding hydrogens is 442 g/mol. The van der Waals surface area contributed by atoms with Crippen molar-refractivity contribution in [3.8, 4) is 16.6 Å². The lowest BCUT2D eigenvalue weighted by molar-refractivity contribution is 0.0527. The second kappa shape index (κ2) is 9.67. The van der Waals surface area contributed by atoms with Gasteiger partial charge in [-0.2, -0.15) is 5.26 Å². The highest BCUT2D eigenvalue weighted by Gasteiger charge is 2.26. The molecule has 154 valence electrons. The number of hydrogen-bond donors (Lipinski definition) is 1. The number of hydrogen-bond acceptors (Lipinski definition) is 10. The van der Waals surface area contributed by atoms with Crippen LogP contribution in [0, 0.1) is 18.3 Å². The molecule has 0 unspecified atom stereocenters. The molecule has 3 aromatic heterocycles. The second-order valence-electron chi connectivity index (χ2n) is 5.80. The summed E-state index contributed by atoms with van der Waals surface area (Å²) in [5.41, 5.74) is 1.82. The number of methoxy groups -OCH3 is 1. The third kappa shape index (κ3) is 4.43. The number of thiazole rings is 1. The lowest BCUT2D eigenvalue weighted by Crippen LogP contribution is -2.08. The highest BCUT2D eigenvalue weighted by Crippen LogP contribution is 2.35. The molecule has 0 saturated carbocycles. The van der Waals surface area contributed by atoms with Crippen molar-refractivity contribution in [2.24, 2.45) is 0 Å². The molecule has 0 fully saturated rings. The van der Waals surface area contributed by atoms with Crippen LogP contribution in [0.5, 0.6) is 0 Å². The van der Waals surface area contributed by atoms with Gasteiger partial charge in [-0.25, -0.2) is 14.6 Å². The van der Waals surface area contributed by atoms with Crippen LogP contribution in [0.3, 0.4) is 0 Å². The van der Waals surface area contributed by atoms with Crippen LogP contribution < -0.4 is 5.32 Å². The van der Waals surface area contributed by atoms with Crippen LogP contribution in [-0.4, -0.2) is 30.6 Å². The van der Waals surface area contributed by atoms with E-state index in [4.69, 9.17) is 9.47 Å². The zero-order chi connectivity index (χ0) is 21.7. The van der Waals surface area contributed by atoms with Gasteiger partial charge in [-0.1, -0.05) is 6.07 Å². The van der Waals surface area contributed by atoms with Crippen LogP contribution in [0.25, 0.3) is 16.1 Å². The topological polar surface area (TPSA) is 101 Å². The molecule has 0 radical (unpaired) electrons. The van der Waals surface area contributed by atoms with Crippen LogP contribution in [-0.2, 0) is 9.47 Å². The van der Waals surface area contributed by atoms with Gasteiger partial charge in [-0.15, -0.1) is 34.0 Å². The smallest absolute Gasteiger partial charge is 0.348 e. The summed E-state index contributed by atoms with van der Waals surface area (Å²) in [6, 6.07) is 6.03. The van der Waals surface area contributed by atoms with E-state index in [1.165, 1.54) is 24.6 Å². The molecule has 0 saturated heterocycles. The Morgan fingerprint density at radius 1 is 1.33 bits per heavy atom. The van der Waals surface area contributed by atoms with Crippen molar-refractivity contribution < 1.29 is 19.1 Å². The van der Waals surface area contributed by atoms with Crippen molar-refractivity contribution in [1.82, 2.24) is 4.98 Å². The fourth-order valence-electron chi connectivity index (χ4n) is 2.57. The second-order valence-corrected chi connectivity index (χ2v) is 8.63. The number of nitrogens with one attached hydrogen (secondary N) is 1. The minimum absolute atomic E-state index is 0.199. The molecular formula is C20H17N3O4S3. The van der Waals surface area contributed by atoms with E-state index in [0.717, 1.165) is 21.9 Å². The van der Waals surface area contributed by atoms with Gasteiger partial charge in [0.15, 0.2) is 0 Å². The minimum Gasteiger partial charge on any atom is -0.465 e. The summed E-state index contributed by atoms with van der Waals surface area (Å²) >= 11 is 3.99. The largest absolute Gasteiger partial charge is 0.465 e. The Labute approximate surface area is 185 Å². The van der Waals surface area contributed by atoms with E-state index >= 15 is 0 Å². The summed E-state index contributed by atoms with van der Waals surface area (Å²) in [6.07, 6.45) is 1.48. The predicted molar refractivity (Wildman–Crippen MR) is 119 cm³/mol. The van der Waals surface area contributed by atoms with Crippen molar-refractivity contribution in [2.75, 3.05) is 19.0 Å². The van der Waals surface area contributed by atoms with Gasteiger partial charge in [0.2, 0.25) is 0 Å². The summed E-state index contributed by atoms with van der Waals surface area (Å²) in [7, 11) is 1.28. The number of esters is 2. The number of thiophene rings is 2. The SMILES string of the molecule is CCOC(=O)c1c(N/C=C(/C#N)c2nc(-c3cccs3)cs2)sc(C(=O)OC)c1C. The van der Waals surface area contributed by atoms with Gasteiger partial charge in [0.05, 0.1) is 29.9 Å². The Balaban J connectivity index is 1.94. The number of ether oxygens (including phenoxy) is 2. The maximum atomic E-state index is 12.4. The summed E-state index contributed by atoms with van der Waals surface area (Å²) in [6.45, 7) is 3.56. The van der Waals surface area contributed by atoms with Crippen molar-refractivity contribution in [3.63, 3.8) is 0 Å². The highest BCUT2D eigenvalue weighted by molar-refractivity contribution is 7.18. The molecule has 10 heteroatoms. The number of aromatic nitrogens is 1. The fourth-order valence-corrected chi connectivity index (χ4v) is 5.19. The Morgan fingerprint density at radius 2 is 2.13 bits per heavy atom. The quantitative estimate of drug-likeness (QED) is 0.384. The molecule has 3 aromatic rings. The van der Waals surface area contributed by atoms with E-state index in [9.17, 15) is 14.9 Å². The lowest BCUT2D eigenvalue weighted by atomic mass is 10.1. The normalized spacial score (nSPS) is 11.1. The third-order valence-electron chi connectivity index (χ3n) is 3.97. The van der Waals surface area contributed by atoms with E-state index in [-0.39, 0.29) is 12.2 Å². The first kappa shape index (κ1) is 21.7. The monoisotopic (exact) mass is 459 g/mol. The number of allylic oxidation sites excluding steroid dienone is 1. The number of carbonyl (C=O) groups is 2. The molecule has 1 N–H and O–H groups in total. The molecule has 0 bridgehead atoms. The van der Waals surface area contributed by atoms with Gasteiger partial charge in [0, 0.05) is 11.6 Å². The van der Waals surface area contributed by atoms with Crippen molar-refractivity contribution in [1.29, 1.82) is 5.26 Å². The fraction of sp³-hybridized carbons (Fsp3) is 0.200. The van der Waals surface area contributed by atoms with Crippen LogP contribution >= 0.6 is 34.0 Å². The first-order valence-corrected chi connectivity index (χ1v) is 11.3. The molecule has 30 heavy (non-hydrogen) atoms. The Kier molecular flexibility index (Phi) is 6.99. The van der Waals surface area contributed by atoms with Crippen LogP contribution in [0.15, 0.2) is 29.1 Å². The molecule has 0 atom stereocenters. The van der Waals surface area contributed by atoms with Crippen LogP contribution in [0.4, 0.5) is 5.00 Å². The zero-order valence-corrected chi connectivity index (χ0v) is 18.8. The van der Waals surface area contributed by atoms with Crippen molar-refractivity contribution in [3.05, 3.63) is 50.1 Å². The highest BCUT2D eigenvalue weighted by atomic mass is 32.1. The molecule has 0 amide bonds. The molecule has 0 aliphatic carbocycles. The van der Waals surface area contributed by atoms with Crippen LogP contribution in [0.1, 0.15) is 37.5 Å². The van der Waals surface area contributed by atoms with Gasteiger partial charge >= 0.3 is 11.9 Å². The van der Waals surface area contributed by atoms with E-state index in [2.05, 4.69) is 16.4 Å². The van der Waals surface area contributed by atoms with Crippen molar-refractivity contribution >= 4 is 56.5 Å². The Morgan fingerprint density at radius 3 is 2.77 bits per heavy atom. The maximum absolute atomic E-state index is 12.4. The van der Waals surface area contributed by atoms with Gasteiger partial charge in [0.25, 0.3) is 0 Å². The zero-order valence-electron chi connectivity index (χ0n) is 16.3. The summed E-state index contributed by atoms with van der Waals surface area (Å²) in [5, 5.41) is 17.4. The third-order valence-corrected chi connectivity index (χ3v) is 6.94.